The van der Waals surface area contributed by atoms with E-state index in [9.17, 15) is 0 Å². The lowest BCUT2D eigenvalue weighted by Gasteiger charge is -2.21. The van der Waals surface area contributed by atoms with Crippen LogP contribution in [0, 0.1) is 6.92 Å². The third-order valence-electron chi connectivity index (χ3n) is 3.20. The van der Waals surface area contributed by atoms with Crippen LogP contribution in [0.25, 0.3) is 0 Å². The second kappa shape index (κ2) is 7.30. The van der Waals surface area contributed by atoms with Crippen molar-refractivity contribution in [3.05, 3.63) is 11.4 Å². The van der Waals surface area contributed by atoms with Gasteiger partial charge in [0.15, 0.2) is 0 Å². The quantitative estimate of drug-likeness (QED) is 0.604. The van der Waals surface area contributed by atoms with Crippen LogP contribution in [0.3, 0.4) is 0 Å². The highest BCUT2D eigenvalue weighted by Gasteiger charge is 2.21. The van der Waals surface area contributed by atoms with Gasteiger partial charge in [0.25, 0.3) is 0 Å². The zero-order valence-electron chi connectivity index (χ0n) is 14.0. The van der Waals surface area contributed by atoms with Crippen LogP contribution < -0.4 is 5.32 Å². The van der Waals surface area contributed by atoms with Crippen LogP contribution in [0.4, 0.5) is 5.82 Å². The van der Waals surface area contributed by atoms with Crippen molar-refractivity contribution >= 4 is 17.6 Å². The lowest BCUT2D eigenvalue weighted by atomic mass is 9.95. The van der Waals surface area contributed by atoms with Gasteiger partial charge in [-0.2, -0.15) is 0 Å². The van der Waals surface area contributed by atoms with Gasteiger partial charge in [0, 0.05) is 22.8 Å². The minimum atomic E-state index is -0.0267. The molecular weight excluding hydrogens is 266 g/mol. The predicted octanol–water partition coefficient (Wildman–Crippen LogP) is 4.80. The number of nitrogens with zero attached hydrogens (tertiary/aromatic N) is 2. The summed E-state index contributed by atoms with van der Waals surface area (Å²) in [5, 5.41) is 5.14. The predicted molar refractivity (Wildman–Crippen MR) is 89.9 cm³/mol. The van der Waals surface area contributed by atoms with E-state index in [1.807, 2.05) is 11.8 Å². The Balaban J connectivity index is 3.19. The second-order valence-corrected chi connectivity index (χ2v) is 7.77. The number of aromatic nitrogens is 2. The Kier molecular flexibility index (Phi) is 6.31. The molecule has 4 heteroatoms. The zero-order chi connectivity index (χ0) is 15.3. The van der Waals surface area contributed by atoms with Gasteiger partial charge in [-0.1, -0.05) is 41.5 Å². The molecule has 0 saturated carbocycles. The molecule has 0 aliphatic carbocycles. The molecule has 0 aromatic carbocycles. The van der Waals surface area contributed by atoms with E-state index in [2.05, 4.69) is 53.8 Å². The van der Waals surface area contributed by atoms with E-state index in [1.54, 1.807) is 0 Å². The van der Waals surface area contributed by atoms with Gasteiger partial charge in [-0.3, -0.25) is 0 Å². The first-order valence-electron chi connectivity index (χ1n) is 7.59. The number of thioether (sulfide) groups is 1. The van der Waals surface area contributed by atoms with Crippen molar-refractivity contribution in [3.8, 4) is 0 Å². The van der Waals surface area contributed by atoms with E-state index < -0.39 is 0 Å². The fraction of sp³-hybridized carbons (Fsp3) is 0.750. The molecule has 0 saturated heterocycles. The van der Waals surface area contributed by atoms with Crippen LogP contribution >= 0.6 is 11.8 Å². The molecule has 1 atom stereocenters. The Hall–Kier alpha value is -0.770. The molecule has 114 valence electrons. The van der Waals surface area contributed by atoms with Gasteiger partial charge in [0.05, 0.1) is 0 Å². The molecular formula is C16H29N3S. The molecule has 1 aromatic heterocycles. The fourth-order valence-corrected chi connectivity index (χ4v) is 2.60. The smallest absolute Gasteiger partial charge is 0.137 e. The number of nitrogens with one attached hydrogen (secondary N) is 1. The highest BCUT2D eigenvalue weighted by Crippen LogP contribution is 2.32. The molecule has 1 rings (SSSR count). The third kappa shape index (κ3) is 4.65. The van der Waals surface area contributed by atoms with Crippen molar-refractivity contribution in [2.45, 2.75) is 77.0 Å². The van der Waals surface area contributed by atoms with Crippen LogP contribution in [-0.2, 0) is 5.41 Å². The minimum Gasteiger partial charge on any atom is -0.370 e. The van der Waals surface area contributed by atoms with E-state index in [0.717, 1.165) is 36.1 Å². The third-order valence-corrected chi connectivity index (χ3v) is 4.56. The molecule has 0 amide bonds. The van der Waals surface area contributed by atoms with Gasteiger partial charge in [0.1, 0.15) is 16.7 Å². The molecule has 0 fully saturated rings. The molecule has 1 aromatic rings. The largest absolute Gasteiger partial charge is 0.370 e. The Bertz CT molecular complexity index is 438. The van der Waals surface area contributed by atoms with Crippen LogP contribution in [0.15, 0.2) is 5.03 Å². The molecule has 0 radical (unpaired) electrons. The zero-order valence-corrected chi connectivity index (χ0v) is 14.8. The number of anilines is 1. The van der Waals surface area contributed by atoms with Crippen molar-refractivity contribution in [1.29, 1.82) is 0 Å². The maximum Gasteiger partial charge on any atom is 0.137 e. The molecule has 0 aliphatic heterocycles. The van der Waals surface area contributed by atoms with Gasteiger partial charge in [-0.25, -0.2) is 9.97 Å². The summed E-state index contributed by atoms with van der Waals surface area (Å²) in [5.74, 6) is 1.92. The van der Waals surface area contributed by atoms with Crippen LogP contribution in [0.5, 0.6) is 0 Å². The van der Waals surface area contributed by atoms with Crippen molar-refractivity contribution in [3.63, 3.8) is 0 Å². The summed E-state index contributed by atoms with van der Waals surface area (Å²) in [5.41, 5.74) is 1.15. The summed E-state index contributed by atoms with van der Waals surface area (Å²) in [6.45, 7) is 16.2. The summed E-state index contributed by atoms with van der Waals surface area (Å²) in [4.78, 5) is 9.55. The van der Waals surface area contributed by atoms with Gasteiger partial charge < -0.3 is 5.32 Å². The Morgan fingerprint density at radius 2 is 1.85 bits per heavy atom. The number of hydrogen-bond donors (Lipinski definition) is 1. The normalized spacial score (nSPS) is 13.3. The Morgan fingerprint density at radius 3 is 2.35 bits per heavy atom. The number of hydrogen-bond acceptors (Lipinski definition) is 4. The highest BCUT2D eigenvalue weighted by atomic mass is 32.2. The van der Waals surface area contributed by atoms with Crippen LogP contribution in [-0.4, -0.2) is 21.8 Å². The molecule has 20 heavy (non-hydrogen) atoms. The van der Waals surface area contributed by atoms with E-state index in [-0.39, 0.29) is 5.41 Å². The van der Waals surface area contributed by atoms with Crippen molar-refractivity contribution in [1.82, 2.24) is 9.97 Å². The fourth-order valence-electron chi connectivity index (χ4n) is 1.64. The van der Waals surface area contributed by atoms with Crippen molar-refractivity contribution < 1.29 is 0 Å². The molecule has 1 N–H and O–H groups in total. The van der Waals surface area contributed by atoms with Crippen LogP contribution in [0.2, 0.25) is 0 Å². The molecule has 0 bridgehead atoms. The van der Waals surface area contributed by atoms with Gasteiger partial charge >= 0.3 is 0 Å². The van der Waals surface area contributed by atoms with Crippen molar-refractivity contribution in [2.75, 3.05) is 11.9 Å². The lowest BCUT2D eigenvalue weighted by molar-refractivity contribution is 0.538. The van der Waals surface area contributed by atoms with Crippen molar-refractivity contribution in [2.24, 2.45) is 0 Å². The molecule has 1 unspecified atom stereocenters. The number of rotatable bonds is 6. The maximum atomic E-state index is 4.81. The Labute approximate surface area is 128 Å². The van der Waals surface area contributed by atoms with E-state index in [4.69, 9.17) is 9.97 Å². The SMILES string of the molecule is CCCNc1nc(C(C)(C)C)nc(SC(C)CC)c1C. The molecule has 0 aliphatic rings. The molecule has 3 nitrogen and oxygen atoms in total. The first-order chi connectivity index (χ1) is 9.29. The van der Waals surface area contributed by atoms with E-state index in [1.165, 1.54) is 5.56 Å². The first kappa shape index (κ1) is 17.3. The molecule has 0 spiro atoms. The van der Waals surface area contributed by atoms with Crippen LogP contribution in [0.1, 0.15) is 65.8 Å². The summed E-state index contributed by atoms with van der Waals surface area (Å²) in [7, 11) is 0. The maximum absolute atomic E-state index is 4.81. The average Bonchev–Trinajstić information content (AvgIpc) is 2.38. The van der Waals surface area contributed by atoms with E-state index in [0.29, 0.717) is 5.25 Å². The summed E-state index contributed by atoms with van der Waals surface area (Å²) < 4.78 is 0. The lowest BCUT2D eigenvalue weighted by Crippen LogP contribution is -2.19. The first-order valence-corrected chi connectivity index (χ1v) is 8.47. The Morgan fingerprint density at radius 1 is 1.20 bits per heavy atom. The topological polar surface area (TPSA) is 37.8 Å². The standard InChI is InChI=1S/C16H29N3S/c1-8-10-17-13-12(4)14(20-11(3)9-2)19-15(18-13)16(5,6)7/h11H,8-10H2,1-7H3,(H,17,18,19). The minimum absolute atomic E-state index is 0.0267. The van der Waals surface area contributed by atoms with Gasteiger partial charge in [0.2, 0.25) is 0 Å². The molecule has 1 heterocycles. The van der Waals surface area contributed by atoms with Gasteiger partial charge in [-0.15, -0.1) is 11.8 Å². The summed E-state index contributed by atoms with van der Waals surface area (Å²) >= 11 is 1.86. The average molecular weight is 295 g/mol. The van der Waals surface area contributed by atoms with Gasteiger partial charge in [-0.05, 0) is 19.8 Å². The second-order valence-electron chi connectivity index (χ2n) is 6.34. The summed E-state index contributed by atoms with van der Waals surface area (Å²) in [6.07, 6.45) is 2.25. The summed E-state index contributed by atoms with van der Waals surface area (Å²) in [6, 6.07) is 0. The van der Waals surface area contributed by atoms with E-state index >= 15 is 0 Å². The highest BCUT2D eigenvalue weighted by molar-refractivity contribution is 7.99. The monoisotopic (exact) mass is 295 g/mol.